The van der Waals surface area contributed by atoms with Crippen LogP contribution in [0.25, 0.3) is 0 Å². The molecule has 1 unspecified atom stereocenters. The average Bonchev–Trinajstić information content (AvgIpc) is 2.60. The third kappa shape index (κ3) is 6.74. The van der Waals surface area contributed by atoms with Gasteiger partial charge in [-0.3, -0.25) is 4.79 Å². The number of sulfone groups is 1. The second-order valence-corrected chi connectivity index (χ2v) is 9.48. The van der Waals surface area contributed by atoms with E-state index in [4.69, 9.17) is 0 Å². The summed E-state index contributed by atoms with van der Waals surface area (Å²) in [5.74, 6) is -1.73. The van der Waals surface area contributed by atoms with Crippen LogP contribution in [-0.2, 0) is 14.6 Å². The van der Waals surface area contributed by atoms with Gasteiger partial charge >= 0.3 is 0 Å². The Hall–Kier alpha value is -1.73. The van der Waals surface area contributed by atoms with Crippen LogP contribution in [0.3, 0.4) is 0 Å². The first-order valence-electron chi connectivity index (χ1n) is 8.82. The lowest BCUT2D eigenvalue weighted by molar-refractivity contribution is -0.119. The molecule has 27 heavy (non-hydrogen) atoms. The summed E-state index contributed by atoms with van der Waals surface area (Å²) in [5.41, 5.74) is 0.955. The van der Waals surface area contributed by atoms with E-state index in [9.17, 15) is 17.6 Å². The lowest BCUT2D eigenvalue weighted by atomic mass is 9.98. The third-order valence-corrected chi connectivity index (χ3v) is 6.23. The average molecular weight is 456 g/mol. The predicted molar refractivity (Wildman–Crippen MR) is 109 cm³/mol. The topological polar surface area (TPSA) is 63.2 Å². The summed E-state index contributed by atoms with van der Waals surface area (Å²) in [6.07, 6.45) is 2.24. The maximum Gasteiger partial charge on any atom is 0.235 e. The first-order valence-corrected chi connectivity index (χ1v) is 11.4. The minimum Gasteiger partial charge on any atom is -0.344 e. The summed E-state index contributed by atoms with van der Waals surface area (Å²) in [4.78, 5) is 12.4. The van der Waals surface area contributed by atoms with Gasteiger partial charge in [0.15, 0.2) is 9.84 Å². The van der Waals surface area contributed by atoms with Crippen molar-refractivity contribution < 1.29 is 17.6 Å². The smallest absolute Gasteiger partial charge is 0.235 e. The molecule has 4 nitrogen and oxygen atoms in total. The molecule has 0 aliphatic heterocycles. The van der Waals surface area contributed by atoms with Gasteiger partial charge in [0.2, 0.25) is 5.91 Å². The number of hydrogen-bond donors (Lipinski definition) is 1. The number of nitrogens with one attached hydrogen (secondary N) is 1. The highest BCUT2D eigenvalue weighted by Gasteiger charge is 2.23. The Bertz CT molecular complexity index is 872. The van der Waals surface area contributed by atoms with Crippen molar-refractivity contribution in [1.82, 2.24) is 5.32 Å². The van der Waals surface area contributed by atoms with Gasteiger partial charge in [0.05, 0.1) is 11.8 Å². The van der Waals surface area contributed by atoms with Crippen molar-refractivity contribution in [3.63, 3.8) is 0 Å². The van der Waals surface area contributed by atoms with E-state index in [0.717, 1.165) is 12.8 Å². The Morgan fingerprint density at radius 2 is 1.85 bits per heavy atom. The van der Waals surface area contributed by atoms with Crippen molar-refractivity contribution in [2.75, 3.05) is 11.5 Å². The number of benzene rings is 2. The summed E-state index contributed by atoms with van der Waals surface area (Å²) in [6, 6.07) is 12.7. The second-order valence-electron chi connectivity index (χ2n) is 6.38. The van der Waals surface area contributed by atoms with E-state index in [1.807, 2.05) is 13.0 Å². The number of amides is 1. The molecule has 0 aliphatic rings. The summed E-state index contributed by atoms with van der Waals surface area (Å²) < 4.78 is 39.3. The van der Waals surface area contributed by atoms with Gasteiger partial charge in [-0.15, -0.1) is 0 Å². The first kappa shape index (κ1) is 21.6. The Balaban J connectivity index is 2.21. The van der Waals surface area contributed by atoms with E-state index < -0.39 is 33.4 Å². The van der Waals surface area contributed by atoms with Gasteiger partial charge in [-0.1, -0.05) is 72.1 Å². The van der Waals surface area contributed by atoms with Crippen molar-refractivity contribution in [1.29, 1.82) is 0 Å². The molecule has 1 N–H and O–H groups in total. The molecule has 0 heterocycles. The molecule has 0 fully saturated rings. The van der Waals surface area contributed by atoms with E-state index >= 15 is 0 Å². The minimum absolute atomic E-state index is 0.0170. The summed E-state index contributed by atoms with van der Waals surface area (Å²) in [6.45, 7) is 1.98. The van der Waals surface area contributed by atoms with Gasteiger partial charge in [0.25, 0.3) is 0 Å². The zero-order valence-corrected chi connectivity index (χ0v) is 17.5. The number of halogens is 2. The van der Waals surface area contributed by atoms with Crippen molar-refractivity contribution in [2.45, 2.75) is 32.2 Å². The van der Waals surface area contributed by atoms with E-state index in [1.165, 1.54) is 6.07 Å². The van der Waals surface area contributed by atoms with Gasteiger partial charge in [-0.25, -0.2) is 12.8 Å². The molecule has 7 heteroatoms. The maximum atomic E-state index is 14.5. The quantitative estimate of drug-likeness (QED) is 0.569. The molecule has 0 aromatic heterocycles. The van der Waals surface area contributed by atoms with Crippen LogP contribution < -0.4 is 5.32 Å². The maximum absolute atomic E-state index is 14.5. The number of unbranched alkanes of at least 4 members (excludes halogenated alkanes) is 2. The number of rotatable bonds is 9. The van der Waals surface area contributed by atoms with Crippen LogP contribution in [0.2, 0.25) is 0 Å². The largest absolute Gasteiger partial charge is 0.344 e. The highest BCUT2D eigenvalue weighted by atomic mass is 79.9. The van der Waals surface area contributed by atoms with E-state index in [-0.39, 0.29) is 11.3 Å². The van der Waals surface area contributed by atoms with Gasteiger partial charge in [0, 0.05) is 10.0 Å². The Labute approximate surface area is 168 Å². The monoisotopic (exact) mass is 455 g/mol. The zero-order valence-electron chi connectivity index (χ0n) is 15.1. The van der Waals surface area contributed by atoms with Gasteiger partial charge in [-0.05, 0) is 24.1 Å². The highest BCUT2D eigenvalue weighted by Crippen LogP contribution is 2.26. The molecule has 0 spiro atoms. The van der Waals surface area contributed by atoms with Gasteiger partial charge < -0.3 is 5.32 Å². The number of carbonyl (C=O) groups is 1. The lowest BCUT2D eigenvalue weighted by Gasteiger charge is -2.20. The van der Waals surface area contributed by atoms with Crippen molar-refractivity contribution in [2.24, 2.45) is 0 Å². The number of carbonyl (C=O) groups excluding carboxylic acids is 1. The van der Waals surface area contributed by atoms with Crippen LogP contribution in [0.5, 0.6) is 0 Å². The molecule has 0 radical (unpaired) electrons. The van der Waals surface area contributed by atoms with Gasteiger partial charge in [0.1, 0.15) is 11.6 Å². The molecule has 146 valence electrons. The summed E-state index contributed by atoms with van der Waals surface area (Å²) in [7, 11) is -3.49. The first-order chi connectivity index (χ1) is 12.8. The minimum atomic E-state index is -3.49. The molecule has 2 aromatic carbocycles. The van der Waals surface area contributed by atoms with Crippen LogP contribution >= 0.6 is 15.9 Å². The Morgan fingerprint density at radius 3 is 2.48 bits per heavy atom. The second kappa shape index (κ2) is 9.99. The van der Waals surface area contributed by atoms with E-state index in [1.54, 1.807) is 36.4 Å². The third-order valence-electron chi connectivity index (χ3n) is 4.12. The van der Waals surface area contributed by atoms with Crippen LogP contribution in [0.4, 0.5) is 4.39 Å². The fourth-order valence-corrected chi connectivity index (χ4v) is 4.37. The fourth-order valence-electron chi connectivity index (χ4n) is 2.77. The molecule has 0 aliphatic carbocycles. The number of hydrogen-bond acceptors (Lipinski definition) is 3. The van der Waals surface area contributed by atoms with Crippen molar-refractivity contribution >= 4 is 31.7 Å². The molecule has 1 atom stereocenters. The molecule has 2 rings (SSSR count). The van der Waals surface area contributed by atoms with Crippen molar-refractivity contribution in [3.05, 3.63) is 69.9 Å². The van der Waals surface area contributed by atoms with Crippen LogP contribution in [0.15, 0.2) is 53.0 Å². The Morgan fingerprint density at radius 1 is 1.15 bits per heavy atom. The molecular formula is C20H23BrFNO3S. The molecule has 2 aromatic rings. The van der Waals surface area contributed by atoms with Gasteiger partial charge in [-0.2, -0.15) is 0 Å². The SMILES string of the molecule is CCCCCS(=O)(=O)CC(=O)NC(c1ccccc1)c1ccc(Br)cc1F. The molecule has 0 saturated heterocycles. The normalized spacial score (nSPS) is 12.6. The van der Waals surface area contributed by atoms with E-state index in [0.29, 0.717) is 16.5 Å². The van der Waals surface area contributed by atoms with Crippen molar-refractivity contribution in [3.8, 4) is 0 Å². The fraction of sp³-hybridized carbons (Fsp3) is 0.350. The highest BCUT2D eigenvalue weighted by molar-refractivity contribution is 9.10. The standard InChI is InChI=1S/C20H23BrFNO3S/c1-2-3-7-12-27(25,26)14-19(24)23-20(15-8-5-4-6-9-15)17-11-10-16(21)13-18(17)22/h4-6,8-11,13,20H,2-3,7,12,14H2,1H3,(H,23,24). The molecule has 0 bridgehead atoms. The Kier molecular flexibility index (Phi) is 7.98. The molecule has 0 saturated carbocycles. The summed E-state index contributed by atoms with van der Waals surface area (Å²) in [5, 5.41) is 2.68. The summed E-state index contributed by atoms with van der Waals surface area (Å²) >= 11 is 3.22. The van der Waals surface area contributed by atoms with Crippen LogP contribution in [0, 0.1) is 5.82 Å². The van der Waals surface area contributed by atoms with Crippen LogP contribution in [0.1, 0.15) is 43.4 Å². The molecule has 1 amide bonds. The predicted octanol–water partition coefficient (Wildman–Crippen LogP) is 4.40. The molecular weight excluding hydrogens is 433 g/mol. The van der Waals surface area contributed by atoms with E-state index in [2.05, 4.69) is 21.2 Å². The lowest BCUT2D eigenvalue weighted by Crippen LogP contribution is -2.35. The van der Waals surface area contributed by atoms with Crippen LogP contribution in [-0.4, -0.2) is 25.8 Å². The zero-order chi connectivity index (χ0) is 19.9.